The molecule has 0 bridgehead atoms. The second kappa shape index (κ2) is 10.1. The summed E-state index contributed by atoms with van der Waals surface area (Å²) in [6.07, 6.45) is 14.6. The average molecular weight is 361 g/mol. The molecule has 116 valence electrons. The SMILES string of the molecule is CCC(C)C1=[C]([Ti+2][C]2=C(C(C)CC)C=CC2)CC=C1.[Cl-].[Cl-]. The minimum absolute atomic E-state index is 0. The van der Waals surface area contributed by atoms with Crippen molar-refractivity contribution < 1.29 is 44.0 Å². The van der Waals surface area contributed by atoms with Gasteiger partial charge in [-0.25, -0.2) is 0 Å². The van der Waals surface area contributed by atoms with Gasteiger partial charge in [0.1, 0.15) is 0 Å². The number of hydrogen-bond donors (Lipinski definition) is 0. The molecule has 0 radical (unpaired) electrons. The largest absolute Gasteiger partial charge is 1.00 e. The minimum atomic E-state index is -0.0598. The molecule has 3 heteroatoms. The van der Waals surface area contributed by atoms with E-state index in [9.17, 15) is 0 Å². The molecule has 0 saturated heterocycles. The Morgan fingerprint density at radius 2 is 1.24 bits per heavy atom. The molecule has 0 nitrogen and oxygen atoms in total. The predicted molar refractivity (Wildman–Crippen MR) is 80.5 cm³/mol. The third-order valence-corrected chi connectivity index (χ3v) is 7.01. The molecule has 0 aliphatic heterocycles. The Kier molecular flexibility index (Phi) is 10.2. The van der Waals surface area contributed by atoms with Crippen molar-refractivity contribution in [1.29, 1.82) is 0 Å². The summed E-state index contributed by atoms with van der Waals surface area (Å²) in [5.41, 5.74) is 3.34. The first kappa shape index (κ1) is 21.3. The second-order valence-electron chi connectivity index (χ2n) is 5.82. The van der Waals surface area contributed by atoms with Crippen molar-refractivity contribution in [3.05, 3.63) is 43.2 Å². The van der Waals surface area contributed by atoms with Gasteiger partial charge in [0.2, 0.25) is 0 Å². The molecule has 0 aromatic rings. The third-order valence-electron chi connectivity index (χ3n) is 4.52. The molecular weight excluding hydrogens is 335 g/mol. The zero-order valence-corrected chi connectivity index (χ0v) is 16.6. The average Bonchev–Trinajstić information content (AvgIpc) is 3.06. The quantitative estimate of drug-likeness (QED) is 0.565. The monoisotopic (exact) mass is 360 g/mol. The molecule has 0 fully saturated rings. The van der Waals surface area contributed by atoms with E-state index in [-0.39, 0.29) is 44.0 Å². The van der Waals surface area contributed by atoms with Crippen LogP contribution in [0.5, 0.6) is 0 Å². The van der Waals surface area contributed by atoms with Gasteiger partial charge in [-0.05, 0) is 0 Å². The summed E-state index contributed by atoms with van der Waals surface area (Å²) in [7, 11) is 0. The first-order chi connectivity index (χ1) is 9.17. The summed E-state index contributed by atoms with van der Waals surface area (Å²) in [4.78, 5) is 0. The van der Waals surface area contributed by atoms with Crippen LogP contribution in [0.4, 0.5) is 0 Å². The Bertz CT molecular complexity index is 416. The van der Waals surface area contributed by atoms with E-state index in [0.717, 1.165) is 11.8 Å². The maximum atomic E-state index is 2.40. The summed E-state index contributed by atoms with van der Waals surface area (Å²) in [5, 5.41) is 0. The van der Waals surface area contributed by atoms with Crippen molar-refractivity contribution in [3.63, 3.8) is 0 Å². The Balaban J connectivity index is 0.00000200. The smallest absolute Gasteiger partial charge is 1.00 e. The van der Waals surface area contributed by atoms with Crippen LogP contribution in [0.3, 0.4) is 0 Å². The van der Waals surface area contributed by atoms with Crippen LogP contribution in [0.1, 0.15) is 53.4 Å². The molecule has 0 heterocycles. The van der Waals surface area contributed by atoms with Gasteiger partial charge in [0.25, 0.3) is 0 Å². The van der Waals surface area contributed by atoms with Crippen molar-refractivity contribution in [2.75, 3.05) is 0 Å². The summed E-state index contributed by atoms with van der Waals surface area (Å²) in [6, 6.07) is 0. The molecule has 2 rings (SSSR count). The number of allylic oxidation sites excluding steroid dienone is 8. The Hall–Kier alpha value is 0.254. The van der Waals surface area contributed by atoms with E-state index < -0.39 is 0 Å². The summed E-state index contributed by atoms with van der Waals surface area (Å²) < 4.78 is 3.60. The molecule has 0 amide bonds. The molecule has 0 N–H and O–H groups in total. The van der Waals surface area contributed by atoms with Gasteiger partial charge in [0.15, 0.2) is 0 Å². The maximum Gasteiger partial charge on any atom is -1.00 e. The fourth-order valence-corrected chi connectivity index (χ4v) is 5.57. The van der Waals surface area contributed by atoms with Crippen LogP contribution in [-0.2, 0) is 19.2 Å². The van der Waals surface area contributed by atoms with Gasteiger partial charge in [-0.1, -0.05) is 0 Å². The minimum Gasteiger partial charge on any atom is -1.00 e. The van der Waals surface area contributed by atoms with Crippen LogP contribution in [0.25, 0.3) is 0 Å². The molecule has 0 aromatic heterocycles. The third kappa shape index (κ3) is 5.13. The first-order valence-electron chi connectivity index (χ1n) is 7.73. The van der Waals surface area contributed by atoms with Crippen LogP contribution < -0.4 is 24.8 Å². The van der Waals surface area contributed by atoms with Crippen LogP contribution in [0.15, 0.2) is 43.2 Å². The van der Waals surface area contributed by atoms with Crippen molar-refractivity contribution in [1.82, 2.24) is 0 Å². The van der Waals surface area contributed by atoms with Crippen molar-refractivity contribution >= 4 is 0 Å². The van der Waals surface area contributed by atoms with Gasteiger partial charge >= 0.3 is 128 Å². The van der Waals surface area contributed by atoms with Gasteiger partial charge in [0.05, 0.1) is 0 Å². The Morgan fingerprint density at radius 1 is 0.857 bits per heavy atom. The van der Waals surface area contributed by atoms with E-state index in [4.69, 9.17) is 0 Å². The van der Waals surface area contributed by atoms with Gasteiger partial charge < -0.3 is 24.8 Å². The Labute approximate surface area is 152 Å². The topological polar surface area (TPSA) is 0 Å². The second-order valence-corrected chi connectivity index (χ2v) is 8.10. The fraction of sp³-hybridized carbons (Fsp3) is 0.556. The van der Waals surface area contributed by atoms with E-state index >= 15 is 0 Å². The van der Waals surface area contributed by atoms with Gasteiger partial charge in [-0.3, -0.25) is 0 Å². The van der Waals surface area contributed by atoms with E-state index in [2.05, 4.69) is 52.0 Å². The van der Waals surface area contributed by atoms with E-state index in [1.54, 1.807) is 18.9 Å². The van der Waals surface area contributed by atoms with E-state index in [1.165, 1.54) is 25.7 Å². The summed E-state index contributed by atoms with van der Waals surface area (Å²) in [6.45, 7) is 9.38. The zero-order valence-electron chi connectivity index (χ0n) is 13.5. The predicted octanol–water partition coefficient (Wildman–Crippen LogP) is -0.403. The van der Waals surface area contributed by atoms with Crippen molar-refractivity contribution in [2.45, 2.75) is 53.4 Å². The summed E-state index contributed by atoms with van der Waals surface area (Å²) in [5.74, 6) is 1.50. The number of halogens is 2. The van der Waals surface area contributed by atoms with Crippen LogP contribution in [-0.4, -0.2) is 0 Å². The molecule has 2 aliphatic rings. The van der Waals surface area contributed by atoms with Gasteiger partial charge in [0, 0.05) is 0 Å². The first-order valence-corrected chi connectivity index (χ1v) is 9.29. The molecule has 0 spiro atoms. The molecule has 0 aromatic carbocycles. The molecular formula is C18H26Cl2Ti. The molecule has 2 unspecified atom stereocenters. The zero-order chi connectivity index (χ0) is 13.8. The molecule has 21 heavy (non-hydrogen) atoms. The molecule has 0 saturated carbocycles. The van der Waals surface area contributed by atoms with Crippen LogP contribution in [0, 0.1) is 11.8 Å². The van der Waals surface area contributed by atoms with E-state index in [0.29, 0.717) is 0 Å². The normalized spacial score (nSPS) is 19.2. The van der Waals surface area contributed by atoms with E-state index in [1.807, 2.05) is 0 Å². The Morgan fingerprint density at radius 3 is 1.57 bits per heavy atom. The van der Waals surface area contributed by atoms with Gasteiger partial charge in [-0.2, -0.15) is 0 Å². The molecule has 2 atom stereocenters. The van der Waals surface area contributed by atoms with Crippen LogP contribution in [0.2, 0.25) is 0 Å². The number of hydrogen-bond acceptors (Lipinski definition) is 0. The van der Waals surface area contributed by atoms with Crippen molar-refractivity contribution in [2.24, 2.45) is 11.8 Å². The van der Waals surface area contributed by atoms with Crippen molar-refractivity contribution in [3.8, 4) is 0 Å². The summed E-state index contributed by atoms with van der Waals surface area (Å²) >= 11 is -0.0598. The molecule has 2 aliphatic carbocycles. The number of rotatable bonds is 6. The fourth-order valence-electron chi connectivity index (χ4n) is 2.84. The van der Waals surface area contributed by atoms with Crippen LogP contribution >= 0.6 is 0 Å². The standard InChI is InChI=1S/2C9H13.2ClH.Ti/c2*1-3-8(2)9-6-4-5-7-9;;;/h2*4,6,8H,3,5H2,1-2H3;2*1H;/q;;;;+2/p-2. The van der Waals surface area contributed by atoms with Gasteiger partial charge in [-0.15, -0.1) is 0 Å². The maximum absolute atomic E-state index is 2.40.